The van der Waals surface area contributed by atoms with Crippen LogP contribution in [0.3, 0.4) is 0 Å². The molecule has 0 bridgehead atoms. The summed E-state index contributed by atoms with van der Waals surface area (Å²) >= 11 is 1.47. The van der Waals surface area contributed by atoms with E-state index in [1.54, 1.807) is 18.2 Å². The highest BCUT2D eigenvalue weighted by Crippen LogP contribution is 2.35. The van der Waals surface area contributed by atoms with Crippen molar-refractivity contribution in [3.05, 3.63) is 81.2 Å². The lowest BCUT2D eigenvalue weighted by Gasteiger charge is -2.29. The number of Topliss-reactive ketones (excluding diaryl/α,β-unsaturated/α-hetero) is 1. The van der Waals surface area contributed by atoms with Crippen LogP contribution in [0.1, 0.15) is 27.2 Å². The molecule has 3 heterocycles. The number of sulfonamides is 1. The maximum atomic E-state index is 13.4. The van der Waals surface area contributed by atoms with E-state index >= 15 is 0 Å². The fourth-order valence-electron chi connectivity index (χ4n) is 4.53. The second-order valence-electron chi connectivity index (χ2n) is 8.46. The van der Waals surface area contributed by atoms with Gasteiger partial charge in [-0.15, -0.1) is 11.3 Å². The Balaban J connectivity index is 1.50. The molecule has 0 spiro atoms. The number of hydrogen-bond acceptors (Lipinski definition) is 6. The number of hydrogen-bond donors (Lipinski definition) is 0. The molecule has 0 amide bonds. The van der Waals surface area contributed by atoms with Crippen LogP contribution in [0.25, 0.3) is 21.3 Å². The van der Waals surface area contributed by atoms with Gasteiger partial charge in [-0.2, -0.15) is 0 Å². The van der Waals surface area contributed by atoms with Gasteiger partial charge in [0.1, 0.15) is 4.83 Å². The molecule has 7 nitrogen and oxygen atoms in total. The Morgan fingerprint density at radius 3 is 2.65 bits per heavy atom. The summed E-state index contributed by atoms with van der Waals surface area (Å²) in [4.78, 5) is 32.6. The number of carbonyl (C=O) groups excluding carboxylic acids is 1. The van der Waals surface area contributed by atoms with Crippen molar-refractivity contribution in [1.29, 1.82) is 0 Å². The average molecular weight is 494 g/mol. The van der Waals surface area contributed by atoms with E-state index in [0.29, 0.717) is 40.9 Å². The third-order valence-corrected chi connectivity index (χ3v) is 8.30. The monoisotopic (exact) mass is 493 g/mol. The van der Waals surface area contributed by atoms with Gasteiger partial charge in [0.25, 0.3) is 5.56 Å². The average Bonchev–Trinajstić information content (AvgIpc) is 3.16. The number of aromatic nitrogens is 2. The molecule has 2 aromatic carbocycles. The minimum Gasteiger partial charge on any atom is -0.292 e. The van der Waals surface area contributed by atoms with Crippen LogP contribution in [0.15, 0.2) is 59.7 Å². The summed E-state index contributed by atoms with van der Waals surface area (Å²) in [5.41, 5.74) is 3.44. The number of thiophene rings is 1. The summed E-state index contributed by atoms with van der Waals surface area (Å²) in [6, 6.07) is 14.8. The molecule has 9 heteroatoms. The molecule has 0 saturated heterocycles. The maximum Gasteiger partial charge on any atom is 0.263 e. The first kappa shape index (κ1) is 22.5. The van der Waals surface area contributed by atoms with Gasteiger partial charge in [-0.3, -0.25) is 18.5 Å². The van der Waals surface area contributed by atoms with Crippen molar-refractivity contribution in [1.82, 2.24) is 9.55 Å². The number of fused-ring (bicyclic) bond motifs is 2. The molecule has 1 aliphatic heterocycles. The summed E-state index contributed by atoms with van der Waals surface area (Å²) in [6.45, 7) is 2.26. The van der Waals surface area contributed by atoms with Gasteiger partial charge < -0.3 is 0 Å². The zero-order chi connectivity index (χ0) is 24.0. The third kappa shape index (κ3) is 3.95. The number of nitrogens with zero attached hydrogens (tertiary/aromatic N) is 3. The van der Waals surface area contributed by atoms with Crippen LogP contribution in [0, 0.1) is 6.92 Å². The fourth-order valence-corrected chi connectivity index (χ4v) is 6.53. The smallest absolute Gasteiger partial charge is 0.263 e. The molecular weight excluding hydrogens is 470 g/mol. The second-order valence-corrected chi connectivity index (χ2v) is 11.6. The highest BCUT2D eigenvalue weighted by Gasteiger charge is 2.25. The largest absolute Gasteiger partial charge is 0.292 e. The lowest BCUT2D eigenvalue weighted by atomic mass is 9.99. The predicted octanol–water partition coefficient (Wildman–Crippen LogP) is 4.03. The number of carbonyl (C=O) groups is 1. The fraction of sp³-hybridized carbons (Fsp3) is 0.240. The van der Waals surface area contributed by atoms with Crippen molar-refractivity contribution in [2.75, 3.05) is 17.1 Å². The van der Waals surface area contributed by atoms with Gasteiger partial charge in [-0.05, 0) is 49.1 Å². The van der Waals surface area contributed by atoms with E-state index in [0.717, 1.165) is 21.6 Å². The molecular formula is C25H23N3O4S2. The predicted molar refractivity (Wildman–Crippen MR) is 135 cm³/mol. The number of ketones is 1. The van der Waals surface area contributed by atoms with Crippen LogP contribution in [0.5, 0.6) is 0 Å². The van der Waals surface area contributed by atoms with Crippen molar-refractivity contribution in [3.63, 3.8) is 0 Å². The number of rotatable bonds is 5. The van der Waals surface area contributed by atoms with Crippen LogP contribution in [0.2, 0.25) is 0 Å². The molecule has 0 unspecified atom stereocenters. The lowest BCUT2D eigenvalue weighted by Crippen LogP contribution is -2.34. The van der Waals surface area contributed by atoms with E-state index in [2.05, 4.69) is 4.98 Å². The van der Waals surface area contributed by atoms with Crippen molar-refractivity contribution in [3.8, 4) is 11.1 Å². The Labute approximate surface area is 201 Å². The van der Waals surface area contributed by atoms with Gasteiger partial charge in [0, 0.05) is 22.5 Å². The zero-order valence-corrected chi connectivity index (χ0v) is 20.4. The molecule has 0 saturated carbocycles. The quantitative estimate of drug-likeness (QED) is 0.392. The minimum atomic E-state index is -3.38. The van der Waals surface area contributed by atoms with Gasteiger partial charge in [-0.25, -0.2) is 13.4 Å². The van der Waals surface area contributed by atoms with E-state index in [9.17, 15) is 18.0 Å². The summed E-state index contributed by atoms with van der Waals surface area (Å²) < 4.78 is 26.9. The van der Waals surface area contributed by atoms with E-state index in [1.165, 1.54) is 32.8 Å². The normalized spacial score (nSPS) is 13.8. The van der Waals surface area contributed by atoms with Crippen molar-refractivity contribution in [2.24, 2.45) is 0 Å². The van der Waals surface area contributed by atoms with Gasteiger partial charge in [0.2, 0.25) is 10.0 Å². The van der Waals surface area contributed by atoms with Crippen LogP contribution in [-0.2, 0) is 23.0 Å². The summed E-state index contributed by atoms with van der Waals surface area (Å²) in [5, 5.41) is 0.526. The molecule has 2 aromatic heterocycles. The molecule has 34 heavy (non-hydrogen) atoms. The molecule has 0 radical (unpaired) electrons. The first-order chi connectivity index (χ1) is 16.2. The maximum absolute atomic E-state index is 13.4. The molecule has 4 aromatic rings. The Morgan fingerprint density at radius 1 is 1.15 bits per heavy atom. The summed E-state index contributed by atoms with van der Waals surface area (Å²) in [5.74, 6) is -0.226. The van der Waals surface area contributed by atoms with E-state index in [-0.39, 0.29) is 17.9 Å². The Morgan fingerprint density at radius 2 is 1.91 bits per heavy atom. The Hall–Kier alpha value is -3.30. The van der Waals surface area contributed by atoms with E-state index in [4.69, 9.17) is 0 Å². The van der Waals surface area contributed by atoms with Gasteiger partial charge in [0.15, 0.2) is 5.78 Å². The second kappa shape index (κ2) is 8.48. The van der Waals surface area contributed by atoms with Crippen LogP contribution >= 0.6 is 11.3 Å². The summed E-state index contributed by atoms with van der Waals surface area (Å²) in [7, 11) is -3.38. The van der Waals surface area contributed by atoms with Gasteiger partial charge in [-0.1, -0.05) is 30.3 Å². The highest BCUT2D eigenvalue weighted by atomic mass is 32.2. The number of benzene rings is 2. The van der Waals surface area contributed by atoms with Crippen molar-refractivity contribution in [2.45, 2.75) is 26.3 Å². The van der Waals surface area contributed by atoms with Crippen LogP contribution in [0.4, 0.5) is 5.69 Å². The van der Waals surface area contributed by atoms with E-state index < -0.39 is 10.0 Å². The molecule has 0 fully saturated rings. The van der Waals surface area contributed by atoms with Crippen molar-refractivity contribution < 1.29 is 13.2 Å². The van der Waals surface area contributed by atoms with Crippen LogP contribution in [-0.4, -0.2) is 36.6 Å². The molecule has 0 aliphatic carbocycles. The first-order valence-electron chi connectivity index (χ1n) is 10.9. The van der Waals surface area contributed by atoms with Crippen molar-refractivity contribution >= 4 is 43.0 Å². The summed E-state index contributed by atoms with van der Waals surface area (Å²) in [6.07, 6.45) is 4.01. The molecule has 174 valence electrons. The SMILES string of the molecule is Cc1sc2ncn(CC(=O)c3ccc4c(c3)CCCN4S(C)(=O)=O)c(=O)c2c1-c1ccccc1. The van der Waals surface area contributed by atoms with Crippen LogP contribution < -0.4 is 9.86 Å². The minimum absolute atomic E-state index is 0.139. The zero-order valence-electron chi connectivity index (χ0n) is 18.8. The standard InChI is InChI=1S/C25H23N3O4S2/c1-16-22(17-7-4-3-5-8-17)23-24(33-16)26-15-27(25(23)30)14-21(29)19-10-11-20-18(13-19)9-6-12-28(20)34(2,31)32/h3-5,7-8,10-11,13,15H,6,9,12,14H2,1-2H3. The van der Waals surface area contributed by atoms with Gasteiger partial charge in [0.05, 0.1) is 30.2 Å². The first-order valence-corrected chi connectivity index (χ1v) is 13.6. The molecule has 1 aliphatic rings. The Bertz CT molecular complexity index is 1590. The molecule has 5 rings (SSSR count). The molecule has 0 atom stereocenters. The Kier molecular flexibility index (Phi) is 5.61. The molecule has 0 N–H and O–H groups in total. The highest BCUT2D eigenvalue weighted by molar-refractivity contribution is 7.92. The third-order valence-electron chi connectivity index (χ3n) is 6.11. The number of aryl methyl sites for hydroxylation is 2. The number of anilines is 1. The lowest BCUT2D eigenvalue weighted by molar-refractivity contribution is 0.0970. The van der Waals surface area contributed by atoms with E-state index in [1.807, 2.05) is 37.3 Å². The van der Waals surface area contributed by atoms with Gasteiger partial charge >= 0.3 is 0 Å². The topological polar surface area (TPSA) is 89.3 Å².